The Balaban J connectivity index is 1.24. The summed E-state index contributed by atoms with van der Waals surface area (Å²) in [7, 11) is 0. The highest BCUT2D eigenvalue weighted by atomic mass is 32.1. The van der Waals surface area contributed by atoms with Crippen LogP contribution in [0, 0.1) is 12.8 Å². The Labute approximate surface area is 179 Å². The Morgan fingerprint density at radius 3 is 2.43 bits per heavy atom. The number of hydrogen-bond acceptors (Lipinski definition) is 6. The average molecular weight is 425 g/mol. The lowest BCUT2D eigenvalue weighted by Gasteiger charge is -2.30. The maximum absolute atomic E-state index is 12.6. The van der Waals surface area contributed by atoms with Gasteiger partial charge in [0.05, 0.1) is 17.0 Å². The predicted octanol–water partition coefficient (Wildman–Crippen LogP) is 4.15. The number of rotatable bonds is 6. The van der Waals surface area contributed by atoms with Gasteiger partial charge in [-0.15, -0.1) is 11.3 Å². The summed E-state index contributed by atoms with van der Waals surface area (Å²) in [5, 5.41) is 8.94. The second-order valence-electron chi connectivity index (χ2n) is 7.41. The normalized spacial score (nSPS) is 15.1. The Morgan fingerprint density at radius 1 is 1.13 bits per heavy atom. The number of anilines is 2. The molecule has 1 aliphatic rings. The van der Waals surface area contributed by atoms with Crippen molar-refractivity contribution in [2.24, 2.45) is 5.92 Å². The van der Waals surface area contributed by atoms with Gasteiger partial charge in [0.25, 0.3) is 5.91 Å². The van der Waals surface area contributed by atoms with Crippen molar-refractivity contribution in [3.05, 3.63) is 64.5 Å². The molecule has 0 saturated carbocycles. The maximum Gasteiger partial charge on any atom is 0.291 e. The van der Waals surface area contributed by atoms with Gasteiger partial charge in [-0.1, -0.05) is 0 Å². The number of likely N-dealkylation sites (tertiary alicyclic amines) is 1. The molecule has 4 rings (SSSR count). The van der Waals surface area contributed by atoms with E-state index in [1.807, 2.05) is 6.92 Å². The van der Waals surface area contributed by atoms with Crippen molar-refractivity contribution >= 4 is 34.5 Å². The average Bonchev–Trinajstić information content (AvgIpc) is 3.42. The monoisotopic (exact) mass is 424 g/mol. The van der Waals surface area contributed by atoms with Crippen LogP contribution in [0.25, 0.3) is 0 Å². The molecule has 2 aromatic heterocycles. The smallest absolute Gasteiger partial charge is 0.291 e. The van der Waals surface area contributed by atoms with E-state index in [1.54, 1.807) is 47.7 Å². The van der Waals surface area contributed by atoms with E-state index in [2.05, 4.69) is 25.9 Å². The van der Waals surface area contributed by atoms with Crippen LogP contribution in [0.3, 0.4) is 0 Å². The molecule has 7 nitrogen and oxygen atoms in total. The van der Waals surface area contributed by atoms with E-state index < -0.39 is 0 Å². The molecule has 1 saturated heterocycles. The molecule has 0 bridgehead atoms. The van der Waals surface area contributed by atoms with Crippen LogP contribution in [-0.4, -0.2) is 34.8 Å². The molecular weight excluding hydrogens is 400 g/mol. The minimum Gasteiger partial charge on any atom is -0.459 e. The van der Waals surface area contributed by atoms with Crippen molar-refractivity contribution in [1.29, 1.82) is 0 Å². The van der Waals surface area contributed by atoms with Crippen molar-refractivity contribution in [2.45, 2.75) is 26.3 Å². The predicted molar refractivity (Wildman–Crippen MR) is 117 cm³/mol. The summed E-state index contributed by atoms with van der Waals surface area (Å²) in [4.78, 5) is 31.5. The van der Waals surface area contributed by atoms with E-state index in [1.165, 1.54) is 6.26 Å². The molecule has 8 heteroatoms. The lowest BCUT2D eigenvalue weighted by molar-refractivity contribution is -0.121. The molecule has 0 aliphatic carbocycles. The van der Waals surface area contributed by atoms with Gasteiger partial charge in [-0.05, 0) is 69.3 Å². The fourth-order valence-corrected chi connectivity index (χ4v) is 4.15. The summed E-state index contributed by atoms with van der Waals surface area (Å²) in [6.07, 6.45) is 3.14. The first-order chi connectivity index (χ1) is 14.6. The molecule has 3 aromatic rings. The number of thiazole rings is 1. The summed E-state index contributed by atoms with van der Waals surface area (Å²) in [6, 6.07) is 10.4. The van der Waals surface area contributed by atoms with E-state index in [9.17, 15) is 9.59 Å². The van der Waals surface area contributed by atoms with Crippen molar-refractivity contribution in [1.82, 2.24) is 9.88 Å². The van der Waals surface area contributed by atoms with E-state index >= 15 is 0 Å². The van der Waals surface area contributed by atoms with E-state index in [4.69, 9.17) is 4.42 Å². The number of nitrogens with one attached hydrogen (secondary N) is 2. The van der Waals surface area contributed by atoms with Gasteiger partial charge < -0.3 is 15.1 Å². The number of aromatic nitrogens is 1. The highest BCUT2D eigenvalue weighted by Gasteiger charge is 2.25. The zero-order valence-electron chi connectivity index (χ0n) is 16.8. The fraction of sp³-hybridized carbons (Fsp3) is 0.318. The molecule has 0 radical (unpaired) electrons. The number of carbonyl (C=O) groups excluding carboxylic acids is 2. The van der Waals surface area contributed by atoms with Gasteiger partial charge in [0.2, 0.25) is 5.91 Å². The van der Waals surface area contributed by atoms with Gasteiger partial charge in [-0.25, -0.2) is 4.98 Å². The number of furan rings is 1. The van der Waals surface area contributed by atoms with Crippen LogP contribution in [0.2, 0.25) is 0 Å². The van der Waals surface area contributed by atoms with Crippen LogP contribution in [0.4, 0.5) is 11.4 Å². The number of piperidine rings is 1. The van der Waals surface area contributed by atoms with E-state index in [0.717, 1.165) is 48.9 Å². The molecular formula is C22H24N4O3S. The van der Waals surface area contributed by atoms with Crippen molar-refractivity contribution in [3.8, 4) is 0 Å². The SMILES string of the molecule is Cc1nc(CN2CCC(C(=O)Nc3ccc(NC(=O)c4ccco4)cc3)CC2)cs1. The molecule has 0 atom stereocenters. The third-order valence-corrected chi connectivity index (χ3v) is 5.99. The quantitative estimate of drug-likeness (QED) is 0.621. The summed E-state index contributed by atoms with van der Waals surface area (Å²) in [6.45, 7) is 4.66. The van der Waals surface area contributed by atoms with Crippen LogP contribution in [0.5, 0.6) is 0 Å². The maximum atomic E-state index is 12.6. The fourth-order valence-electron chi connectivity index (χ4n) is 3.54. The summed E-state index contributed by atoms with van der Waals surface area (Å²) >= 11 is 1.67. The molecule has 2 amide bonds. The number of aryl methyl sites for hydroxylation is 1. The lowest BCUT2D eigenvalue weighted by atomic mass is 9.95. The van der Waals surface area contributed by atoms with Gasteiger partial charge >= 0.3 is 0 Å². The Morgan fingerprint density at radius 2 is 1.83 bits per heavy atom. The van der Waals surface area contributed by atoms with E-state index in [-0.39, 0.29) is 23.5 Å². The second-order valence-corrected chi connectivity index (χ2v) is 8.47. The lowest BCUT2D eigenvalue weighted by Crippen LogP contribution is -2.37. The molecule has 1 fully saturated rings. The first-order valence-electron chi connectivity index (χ1n) is 9.96. The summed E-state index contributed by atoms with van der Waals surface area (Å²) in [5.74, 6) is 0.00303. The van der Waals surface area contributed by atoms with Gasteiger partial charge in [-0.3, -0.25) is 14.5 Å². The van der Waals surface area contributed by atoms with Crippen LogP contribution >= 0.6 is 11.3 Å². The Hall–Kier alpha value is -2.97. The third kappa shape index (κ3) is 5.14. The molecule has 1 aromatic carbocycles. The molecule has 0 spiro atoms. The molecule has 156 valence electrons. The van der Waals surface area contributed by atoms with Crippen molar-refractivity contribution in [2.75, 3.05) is 23.7 Å². The van der Waals surface area contributed by atoms with Crippen LogP contribution in [0.1, 0.15) is 34.1 Å². The molecule has 1 aliphatic heterocycles. The highest BCUT2D eigenvalue weighted by molar-refractivity contribution is 7.09. The minimum absolute atomic E-state index is 0.0109. The first-order valence-corrected chi connectivity index (χ1v) is 10.8. The first kappa shape index (κ1) is 20.3. The topological polar surface area (TPSA) is 87.5 Å². The minimum atomic E-state index is -0.309. The van der Waals surface area contributed by atoms with Gasteiger partial charge in [0.1, 0.15) is 0 Å². The number of carbonyl (C=O) groups is 2. The third-order valence-electron chi connectivity index (χ3n) is 5.17. The summed E-state index contributed by atoms with van der Waals surface area (Å²) < 4.78 is 5.08. The Kier molecular flexibility index (Phi) is 6.25. The second kappa shape index (κ2) is 9.23. The zero-order valence-corrected chi connectivity index (χ0v) is 17.6. The molecule has 2 N–H and O–H groups in total. The van der Waals surface area contributed by atoms with Crippen LogP contribution in [0.15, 0.2) is 52.5 Å². The van der Waals surface area contributed by atoms with Crippen LogP contribution in [-0.2, 0) is 11.3 Å². The van der Waals surface area contributed by atoms with Crippen molar-refractivity contribution in [3.63, 3.8) is 0 Å². The Bertz CT molecular complexity index is 990. The number of hydrogen-bond donors (Lipinski definition) is 2. The highest BCUT2D eigenvalue weighted by Crippen LogP contribution is 2.22. The molecule has 30 heavy (non-hydrogen) atoms. The van der Waals surface area contributed by atoms with Gasteiger partial charge in [-0.2, -0.15) is 0 Å². The zero-order chi connectivity index (χ0) is 20.9. The standard InChI is InChI=1S/C22H24N4O3S/c1-15-23-19(14-30-15)13-26-10-8-16(9-11-26)21(27)24-17-4-6-18(7-5-17)25-22(28)20-3-2-12-29-20/h2-7,12,14,16H,8-11,13H2,1H3,(H,24,27)(H,25,28). The number of amides is 2. The largest absolute Gasteiger partial charge is 0.459 e. The molecule has 3 heterocycles. The van der Waals surface area contributed by atoms with E-state index in [0.29, 0.717) is 5.69 Å². The number of benzene rings is 1. The van der Waals surface area contributed by atoms with Gasteiger partial charge in [0.15, 0.2) is 5.76 Å². The number of nitrogens with zero attached hydrogens (tertiary/aromatic N) is 2. The molecule has 0 unspecified atom stereocenters. The van der Waals surface area contributed by atoms with Gasteiger partial charge in [0, 0.05) is 29.2 Å². The van der Waals surface area contributed by atoms with Crippen molar-refractivity contribution < 1.29 is 14.0 Å². The summed E-state index contributed by atoms with van der Waals surface area (Å²) in [5.41, 5.74) is 2.47. The van der Waals surface area contributed by atoms with Crippen LogP contribution < -0.4 is 10.6 Å².